The lowest BCUT2D eigenvalue weighted by atomic mass is 10.4. The van der Waals surface area contributed by atoms with Gasteiger partial charge >= 0.3 is 20.4 Å². The summed E-state index contributed by atoms with van der Waals surface area (Å²) in [5.74, 6) is 0. The van der Waals surface area contributed by atoms with E-state index in [1.54, 1.807) is 0 Å². The van der Waals surface area contributed by atoms with Crippen LogP contribution in [0, 0.1) is 0 Å². The van der Waals surface area contributed by atoms with Crippen molar-refractivity contribution in [3.63, 3.8) is 0 Å². The van der Waals surface area contributed by atoms with Crippen molar-refractivity contribution in [2.24, 2.45) is 0 Å². The fourth-order valence-corrected chi connectivity index (χ4v) is 2.08. The smallest absolute Gasteiger partial charge is 0.126 e. The molecule has 0 N–H and O–H groups in total. The third-order valence-electron chi connectivity index (χ3n) is 1.21. The molecule has 0 saturated carbocycles. The predicted octanol–water partition coefficient (Wildman–Crippen LogP) is 2.68. The molecular weight excluding hydrogens is 120 g/mol. The second-order valence-electron chi connectivity index (χ2n) is 2.77. The Kier molecular flexibility index (Phi) is 5.20. The molecule has 0 radical (unpaired) electrons. The van der Waals surface area contributed by atoms with Gasteiger partial charge in [-0.05, 0) is 13.8 Å². The summed E-state index contributed by atoms with van der Waals surface area (Å²) in [6.07, 6.45) is 0. The van der Waals surface area contributed by atoms with Crippen molar-refractivity contribution < 1.29 is 0 Å². The molecule has 0 atom stereocenters. The molecule has 9 heavy (non-hydrogen) atoms. The minimum atomic E-state index is 0.117. The van der Waals surface area contributed by atoms with Gasteiger partial charge < -0.3 is 0 Å². The monoisotopic (exact) mass is 134 g/mol. The van der Waals surface area contributed by atoms with Crippen LogP contribution < -0.4 is 0 Å². The van der Waals surface area contributed by atoms with Gasteiger partial charge in [0, 0.05) is 0 Å². The van der Waals surface area contributed by atoms with E-state index in [0.29, 0.717) is 0 Å². The second-order valence-corrected chi connectivity index (χ2v) is 4.47. The molecule has 0 nitrogen and oxygen atoms in total. The van der Waals surface area contributed by atoms with Crippen LogP contribution in [0.15, 0.2) is 24.3 Å². The molecule has 0 aliphatic carbocycles. The maximum Gasteiger partial charge on any atom is 0.376 e. The Labute approximate surface area is 67.8 Å². The molecule has 0 spiro atoms. The highest BCUT2D eigenvalue weighted by Crippen LogP contribution is 2.01. The van der Waals surface area contributed by atoms with Crippen LogP contribution in [0.5, 0.6) is 0 Å². The van der Waals surface area contributed by atoms with Gasteiger partial charge in [-0.3, -0.25) is 0 Å². The first-order chi connectivity index (χ1) is 4.13. The van der Waals surface area contributed by atoms with Crippen molar-refractivity contribution in [3.8, 4) is 0 Å². The molecule has 48 valence electrons. The van der Waals surface area contributed by atoms with Gasteiger partial charge in [-0.2, -0.15) is 0 Å². The Hall–Kier alpha value is 0.246. The molecule has 0 aromatic heterocycles. The molecule has 0 bridgehead atoms. The second kappa shape index (κ2) is 5.06. The van der Waals surface area contributed by atoms with E-state index in [2.05, 4.69) is 27.0 Å². The normalized spacial score (nSPS) is 8.22. The van der Waals surface area contributed by atoms with Crippen LogP contribution in [0.1, 0.15) is 13.8 Å². The Morgan fingerprint density at radius 3 is 1.67 bits per heavy atom. The highest BCUT2D eigenvalue weighted by molar-refractivity contribution is 6.37. The van der Waals surface area contributed by atoms with Crippen LogP contribution in [0.2, 0.25) is 9.10 Å². The largest absolute Gasteiger partial charge is 0.376 e. The summed E-state index contributed by atoms with van der Waals surface area (Å²) in [6, 6.07) is 0. The minimum Gasteiger partial charge on any atom is -0.126 e. The molecule has 0 saturated heterocycles. The quantitative estimate of drug-likeness (QED) is 0.410. The first-order valence-corrected chi connectivity index (χ1v) is 5.41. The first kappa shape index (κ1) is 9.25. The maximum absolute atomic E-state index is 3.86. The van der Waals surface area contributed by atoms with Crippen LogP contribution in [0.3, 0.4) is 0 Å². The SMILES string of the molecule is C=C(C)[CH2][Mg][CH2]C(=C)C. The summed E-state index contributed by atoms with van der Waals surface area (Å²) < 4.78 is 2.57. The van der Waals surface area contributed by atoms with Gasteiger partial charge in [0.05, 0.1) is 0 Å². The van der Waals surface area contributed by atoms with Crippen molar-refractivity contribution in [1.29, 1.82) is 0 Å². The fraction of sp³-hybridized carbons (Fsp3) is 0.500. The number of allylic oxidation sites excluding steroid dienone is 2. The topological polar surface area (TPSA) is 0 Å². The summed E-state index contributed by atoms with van der Waals surface area (Å²) in [5.41, 5.74) is 2.67. The highest BCUT2D eigenvalue weighted by atomic mass is 24.5. The molecule has 0 unspecified atom stereocenters. The molecule has 0 aromatic rings. The van der Waals surface area contributed by atoms with E-state index in [-0.39, 0.29) is 20.4 Å². The van der Waals surface area contributed by atoms with E-state index in [1.165, 1.54) is 20.2 Å². The van der Waals surface area contributed by atoms with Crippen molar-refractivity contribution in [1.82, 2.24) is 0 Å². The molecule has 0 aromatic carbocycles. The van der Waals surface area contributed by atoms with E-state index in [1.807, 2.05) is 0 Å². The van der Waals surface area contributed by atoms with Gasteiger partial charge in [-0.15, -0.1) is 33.4 Å². The van der Waals surface area contributed by atoms with Crippen molar-refractivity contribution in [3.05, 3.63) is 24.3 Å². The van der Waals surface area contributed by atoms with E-state index in [9.17, 15) is 0 Å². The number of hydrogen-bond donors (Lipinski definition) is 0. The van der Waals surface area contributed by atoms with Gasteiger partial charge in [0.25, 0.3) is 0 Å². The van der Waals surface area contributed by atoms with Crippen molar-refractivity contribution in [2.75, 3.05) is 0 Å². The molecule has 0 amide bonds. The minimum absolute atomic E-state index is 0.117. The van der Waals surface area contributed by atoms with Crippen LogP contribution >= 0.6 is 0 Å². The molecule has 1 heteroatoms. The third kappa shape index (κ3) is 8.25. The Balaban J connectivity index is 3.10. The molecule has 0 fully saturated rings. The van der Waals surface area contributed by atoms with Gasteiger partial charge in [0.1, 0.15) is 0 Å². The zero-order valence-corrected chi connectivity index (χ0v) is 7.95. The van der Waals surface area contributed by atoms with Crippen LogP contribution in [-0.2, 0) is 0 Å². The zero-order valence-electron chi connectivity index (χ0n) is 6.54. The molecule has 0 rings (SSSR count). The highest BCUT2D eigenvalue weighted by Gasteiger charge is 1.94. The van der Waals surface area contributed by atoms with Gasteiger partial charge in [0.2, 0.25) is 0 Å². The van der Waals surface area contributed by atoms with E-state index < -0.39 is 0 Å². The third-order valence-corrected chi connectivity index (χ3v) is 3.62. The molecular formula is C8H14Mg. The van der Waals surface area contributed by atoms with Gasteiger partial charge in [-0.1, -0.05) is 0 Å². The lowest BCUT2D eigenvalue weighted by Gasteiger charge is -1.94. The Bertz CT molecular complexity index is 99.7. The molecule has 0 aliphatic heterocycles. The van der Waals surface area contributed by atoms with E-state index >= 15 is 0 Å². The number of rotatable bonds is 4. The van der Waals surface area contributed by atoms with Crippen molar-refractivity contribution in [2.45, 2.75) is 22.9 Å². The predicted molar refractivity (Wildman–Crippen MR) is 45.0 cm³/mol. The van der Waals surface area contributed by atoms with E-state index in [0.717, 1.165) is 0 Å². The maximum atomic E-state index is 3.86. The van der Waals surface area contributed by atoms with E-state index in [4.69, 9.17) is 0 Å². The molecule has 0 aliphatic rings. The zero-order chi connectivity index (χ0) is 7.28. The summed E-state index contributed by atoms with van der Waals surface area (Å²) in [6.45, 7) is 11.9. The van der Waals surface area contributed by atoms with Gasteiger partial charge in [-0.25, -0.2) is 0 Å². The van der Waals surface area contributed by atoms with Crippen LogP contribution in [0.25, 0.3) is 0 Å². The lowest BCUT2D eigenvalue weighted by molar-refractivity contribution is 1.33. The standard InChI is InChI=1S/2C4H7.Mg/c2*1-4(2)3;/h2*1-2H2,3H3;. The average Bonchev–Trinajstić information content (AvgIpc) is 1.63. The fourth-order valence-electron chi connectivity index (χ4n) is 0.692. The number of hydrogen-bond acceptors (Lipinski definition) is 0. The summed E-state index contributed by atoms with van der Waals surface area (Å²) in [7, 11) is 0. The summed E-state index contributed by atoms with van der Waals surface area (Å²) in [5, 5.41) is 0. The molecule has 0 heterocycles. The van der Waals surface area contributed by atoms with Crippen molar-refractivity contribution >= 4 is 20.4 Å². The van der Waals surface area contributed by atoms with Crippen LogP contribution in [-0.4, -0.2) is 20.4 Å². The summed E-state index contributed by atoms with van der Waals surface area (Å²) >= 11 is 0.117. The Morgan fingerprint density at radius 1 is 1.11 bits per heavy atom. The average molecular weight is 135 g/mol. The van der Waals surface area contributed by atoms with Crippen LogP contribution in [0.4, 0.5) is 0 Å². The van der Waals surface area contributed by atoms with Gasteiger partial charge in [0.15, 0.2) is 0 Å². The Morgan fingerprint density at radius 2 is 1.44 bits per heavy atom. The summed E-state index contributed by atoms with van der Waals surface area (Å²) in [4.78, 5) is 0. The lowest BCUT2D eigenvalue weighted by Crippen LogP contribution is -1.88. The first-order valence-electron chi connectivity index (χ1n) is 3.41.